The maximum atomic E-state index is 13.4. The molecule has 0 amide bonds. The van der Waals surface area contributed by atoms with E-state index in [1.54, 1.807) is 0 Å². The second-order valence-corrected chi connectivity index (χ2v) is 10.6. The Hall–Kier alpha value is -2.42. The van der Waals surface area contributed by atoms with Crippen molar-refractivity contribution in [1.29, 1.82) is 0 Å². The van der Waals surface area contributed by atoms with Crippen LogP contribution in [0.2, 0.25) is 0 Å². The van der Waals surface area contributed by atoms with Crippen molar-refractivity contribution in [2.45, 2.75) is 104 Å². The van der Waals surface area contributed by atoms with Gasteiger partial charge in [-0.05, 0) is 61.1 Å². The van der Waals surface area contributed by atoms with E-state index >= 15 is 0 Å². The van der Waals surface area contributed by atoms with E-state index in [0.29, 0.717) is 11.7 Å². The highest BCUT2D eigenvalue weighted by Gasteiger charge is 2.41. The predicted octanol–water partition coefficient (Wildman–Crippen LogP) is 9.11. The van der Waals surface area contributed by atoms with Gasteiger partial charge in [-0.25, -0.2) is 4.98 Å². The van der Waals surface area contributed by atoms with Gasteiger partial charge in [0.25, 0.3) is 0 Å². The molecule has 1 aromatic heterocycles. The molecule has 3 heteroatoms. The lowest BCUT2D eigenvalue weighted by Gasteiger charge is -2.21. The molecule has 1 unspecified atom stereocenters. The highest BCUT2D eigenvalue weighted by molar-refractivity contribution is 6.05. The summed E-state index contributed by atoms with van der Waals surface area (Å²) in [7, 11) is 0. The summed E-state index contributed by atoms with van der Waals surface area (Å²) in [4.78, 5) is 18.2. The number of aromatic nitrogens is 1. The number of hydrogen-bond donors (Lipinski definition) is 0. The summed E-state index contributed by atoms with van der Waals surface area (Å²) in [6.45, 7) is 6.64. The molecule has 0 N–H and O–H groups in total. The third-order valence-corrected chi connectivity index (χ3v) is 7.58. The van der Waals surface area contributed by atoms with Gasteiger partial charge in [0.05, 0.1) is 0 Å². The molecule has 0 aliphatic heterocycles. The summed E-state index contributed by atoms with van der Waals surface area (Å²) in [5, 5.41) is 0. The van der Waals surface area contributed by atoms with Crippen molar-refractivity contribution in [3.63, 3.8) is 0 Å². The van der Waals surface area contributed by atoms with Gasteiger partial charge in [0.2, 0.25) is 5.89 Å². The van der Waals surface area contributed by atoms with Gasteiger partial charge in [-0.2, -0.15) is 0 Å². The van der Waals surface area contributed by atoms with E-state index in [-0.39, 0.29) is 5.41 Å². The van der Waals surface area contributed by atoms with E-state index in [4.69, 9.17) is 9.40 Å². The number of aryl methyl sites for hydroxylation is 1. The van der Waals surface area contributed by atoms with Crippen molar-refractivity contribution >= 4 is 16.9 Å². The maximum absolute atomic E-state index is 13.4. The standard InChI is InChI=1S/C31H41NO2/c1-4-6-8-10-11-13-19-31(3)22-25-17-16-24(21-26(25)29(31)33)30-32-27-20-23(14-12-9-7-5-2)15-18-28(27)34-30/h15-18,20-21H,4-14,19,22H2,1-3H3. The molecule has 0 radical (unpaired) electrons. The smallest absolute Gasteiger partial charge is 0.227 e. The molecule has 1 aliphatic carbocycles. The second kappa shape index (κ2) is 11.3. The zero-order chi connectivity index (χ0) is 24.0. The second-order valence-electron chi connectivity index (χ2n) is 10.6. The minimum Gasteiger partial charge on any atom is -0.436 e. The molecule has 0 spiro atoms. The van der Waals surface area contributed by atoms with Crippen LogP contribution in [-0.4, -0.2) is 10.8 Å². The third-order valence-electron chi connectivity index (χ3n) is 7.58. The van der Waals surface area contributed by atoms with Crippen LogP contribution in [0.15, 0.2) is 40.8 Å². The number of hydrogen-bond acceptors (Lipinski definition) is 3. The van der Waals surface area contributed by atoms with Crippen LogP contribution in [0.25, 0.3) is 22.6 Å². The fraction of sp³-hybridized carbons (Fsp3) is 0.548. The van der Waals surface area contributed by atoms with Crippen molar-refractivity contribution in [3.8, 4) is 11.5 Å². The first kappa shape index (κ1) is 24.7. The van der Waals surface area contributed by atoms with Crippen LogP contribution in [0.3, 0.4) is 0 Å². The highest BCUT2D eigenvalue weighted by atomic mass is 16.3. The fourth-order valence-corrected chi connectivity index (χ4v) is 5.41. The van der Waals surface area contributed by atoms with Crippen LogP contribution < -0.4 is 0 Å². The Bertz CT molecular complexity index is 1110. The molecule has 182 valence electrons. The van der Waals surface area contributed by atoms with E-state index in [1.807, 2.05) is 12.1 Å². The number of rotatable bonds is 13. The van der Waals surface area contributed by atoms with E-state index in [0.717, 1.165) is 47.9 Å². The van der Waals surface area contributed by atoms with Crippen molar-refractivity contribution in [2.75, 3.05) is 0 Å². The quantitative estimate of drug-likeness (QED) is 0.239. The van der Waals surface area contributed by atoms with Crippen molar-refractivity contribution < 1.29 is 9.21 Å². The minimum absolute atomic E-state index is 0.264. The summed E-state index contributed by atoms with van der Waals surface area (Å²) >= 11 is 0. The van der Waals surface area contributed by atoms with Crippen LogP contribution in [0, 0.1) is 5.41 Å². The zero-order valence-corrected chi connectivity index (χ0v) is 21.4. The Morgan fingerprint density at radius 1 is 0.882 bits per heavy atom. The van der Waals surface area contributed by atoms with Crippen molar-refractivity contribution in [2.24, 2.45) is 5.41 Å². The van der Waals surface area contributed by atoms with Crippen LogP contribution in [0.4, 0.5) is 0 Å². The predicted molar refractivity (Wildman–Crippen MR) is 141 cm³/mol. The number of benzene rings is 2. The maximum Gasteiger partial charge on any atom is 0.227 e. The lowest BCUT2D eigenvalue weighted by atomic mass is 9.81. The van der Waals surface area contributed by atoms with Gasteiger partial charge in [-0.1, -0.05) is 90.7 Å². The molecular weight excluding hydrogens is 418 g/mol. The van der Waals surface area contributed by atoms with Gasteiger partial charge in [0.15, 0.2) is 11.4 Å². The SMILES string of the molecule is CCCCCCCCC1(C)Cc2ccc(-c3nc4cc(CCCCCC)ccc4o3)cc2C1=O. The Labute approximate surface area is 205 Å². The molecule has 2 aromatic carbocycles. The first-order valence-electron chi connectivity index (χ1n) is 13.6. The average molecular weight is 460 g/mol. The topological polar surface area (TPSA) is 43.1 Å². The molecule has 4 rings (SSSR count). The first-order valence-corrected chi connectivity index (χ1v) is 13.6. The number of carbonyl (C=O) groups excluding carboxylic acids is 1. The van der Waals surface area contributed by atoms with Crippen LogP contribution in [0.5, 0.6) is 0 Å². The molecule has 34 heavy (non-hydrogen) atoms. The molecule has 1 heterocycles. The van der Waals surface area contributed by atoms with Gasteiger partial charge < -0.3 is 4.42 Å². The Balaban J connectivity index is 1.44. The minimum atomic E-state index is -0.264. The Morgan fingerprint density at radius 2 is 1.62 bits per heavy atom. The number of nitrogens with zero attached hydrogens (tertiary/aromatic N) is 1. The van der Waals surface area contributed by atoms with E-state index in [2.05, 4.69) is 45.0 Å². The first-order chi connectivity index (χ1) is 16.5. The number of ketones is 1. The molecule has 3 nitrogen and oxygen atoms in total. The molecule has 0 saturated heterocycles. The lowest BCUT2D eigenvalue weighted by molar-refractivity contribution is 0.0826. The van der Waals surface area contributed by atoms with Gasteiger partial charge in [0, 0.05) is 16.5 Å². The van der Waals surface area contributed by atoms with Crippen LogP contribution >= 0.6 is 0 Å². The zero-order valence-electron chi connectivity index (χ0n) is 21.4. The third kappa shape index (κ3) is 5.62. The van der Waals surface area contributed by atoms with Gasteiger partial charge in [0.1, 0.15) is 5.52 Å². The van der Waals surface area contributed by atoms with E-state index in [1.165, 1.54) is 68.9 Å². The Kier molecular flexibility index (Phi) is 8.24. The van der Waals surface area contributed by atoms with Crippen molar-refractivity contribution in [3.05, 3.63) is 53.1 Å². The molecule has 0 bridgehead atoms. The monoisotopic (exact) mass is 459 g/mol. The van der Waals surface area contributed by atoms with Gasteiger partial charge in [-0.15, -0.1) is 0 Å². The summed E-state index contributed by atoms with van der Waals surface area (Å²) in [6.07, 6.45) is 15.5. The Morgan fingerprint density at radius 3 is 2.41 bits per heavy atom. The number of oxazole rings is 1. The van der Waals surface area contributed by atoms with E-state index < -0.39 is 0 Å². The number of carbonyl (C=O) groups is 1. The summed E-state index contributed by atoms with van der Waals surface area (Å²) < 4.78 is 6.09. The van der Waals surface area contributed by atoms with Gasteiger partial charge >= 0.3 is 0 Å². The highest BCUT2D eigenvalue weighted by Crippen LogP contribution is 2.42. The normalized spacial score (nSPS) is 17.6. The molecule has 3 aromatic rings. The molecule has 0 fully saturated rings. The average Bonchev–Trinajstić information content (AvgIpc) is 3.37. The number of unbranched alkanes of at least 4 members (excludes halogenated alkanes) is 8. The summed E-state index contributed by atoms with van der Waals surface area (Å²) in [6, 6.07) is 12.5. The number of Topliss-reactive ketones (excluding diaryl/α,β-unsaturated/α-hetero) is 1. The van der Waals surface area contributed by atoms with E-state index in [9.17, 15) is 4.79 Å². The largest absolute Gasteiger partial charge is 0.436 e. The number of fused-ring (bicyclic) bond motifs is 2. The molecule has 1 aliphatic rings. The molecular formula is C31H41NO2. The lowest BCUT2D eigenvalue weighted by Crippen LogP contribution is -2.23. The van der Waals surface area contributed by atoms with Crippen molar-refractivity contribution in [1.82, 2.24) is 4.98 Å². The van der Waals surface area contributed by atoms with Crippen LogP contribution in [0.1, 0.15) is 113 Å². The fourth-order valence-electron chi connectivity index (χ4n) is 5.41. The summed E-state index contributed by atoms with van der Waals surface area (Å²) in [5.74, 6) is 0.904. The summed E-state index contributed by atoms with van der Waals surface area (Å²) in [5.41, 5.74) is 5.71. The molecule has 1 atom stereocenters. The van der Waals surface area contributed by atoms with Gasteiger partial charge in [-0.3, -0.25) is 4.79 Å². The molecule has 0 saturated carbocycles. The van der Waals surface area contributed by atoms with Crippen LogP contribution in [-0.2, 0) is 12.8 Å².